The van der Waals surface area contributed by atoms with Crippen molar-refractivity contribution < 1.29 is 4.79 Å². The molecule has 120 valence electrons. The highest BCUT2D eigenvalue weighted by atomic mass is 16.2. The average Bonchev–Trinajstić information content (AvgIpc) is 2.71. The third-order valence-corrected chi connectivity index (χ3v) is 5.88. The van der Waals surface area contributed by atoms with Gasteiger partial charge in [-0.1, -0.05) is 12.8 Å². The lowest BCUT2D eigenvalue weighted by molar-refractivity contribution is -0.136. The fourth-order valence-corrected chi connectivity index (χ4v) is 4.34. The first-order chi connectivity index (χ1) is 10.3. The summed E-state index contributed by atoms with van der Waals surface area (Å²) in [5.74, 6) is 1.98. The van der Waals surface area contributed by atoms with E-state index in [2.05, 4.69) is 22.0 Å². The maximum absolute atomic E-state index is 12.9. The largest absolute Gasteiger partial charge is 0.341 e. The van der Waals surface area contributed by atoms with Gasteiger partial charge in [0.25, 0.3) is 0 Å². The molecule has 21 heavy (non-hydrogen) atoms. The van der Waals surface area contributed by atoms with Gasteiger partial charge in [0.05, 0.1) is 6.04 Å². The fraction of sp³-hybridized carbons (Fsp3) is 0.941. The van der Waals surface area contributed by atoms with Crippen LogP contribution in [0.2, 0.25) is 0 Å². The molecular weight excluding hydrogens is 262 g/mol. The highest BCUT2D eigenvalue weighted by molar-refractivity contribution is 5.81. The third kappa shape index (κ3) is 3.59. The van der Waals surface area contributed by atoms with E-state index in [0.717, 1.165) is 51.1 Å². The molecule has 3 saturated heterocycles. The van der Waals surface area contributed by atoms with E-state index in [1.807, 2.05) is 0 Å². The number of hydrogen-bond donors (Lipinski definition) is 1. The number of likely N-dealkylation sites (tertiary alicyclic amines) is 2. The summed E-state index contributed by atoms with van der Waals surface area (Å²) >= 11 is 0. The molecule has 4 heteroatoms. The molecule has 1 N–H and O–H groups in total. The average molecular weight is 293 g/mol. The van der Waals surface area contributed by atoms with Gasteiger partial charge in [0.2, 0.25) is 5.91 Å². The van der Waals surface area contributed by atoms with E-state index in [0.29, 0.717) is 5.91 Å². The van der Waals surface area contributed by atoms with Crippen molar-refractivity contribution in [3.8, 4) is 0 Å². The Balaban J connectivity index is 1.56. The number of rotatable bonds is 2. The number of hydrogen-bond acceptors (Lipinski definition) is 3. The lowest BCUT2D eigenvalue weighted by Crippen LogP contribution is -2.48. The predicted octanol–water partition coefficient (Wildman–Crippen LogP) is 1.71. The van der Waals surface area contributed by atoms with Gasteiger partial charge in [-0.15, -0.1) is 0 Å². The maximum atomic E-state index is 12.9. The SMILES string of the molecule is CC(C(=O)N1CC[C@@H]2CNC[C@@H]2CC1)N1CCCCCC1. The zero-order valence-corrected chi connectivity index (χ0v) is 13.5. The number of carbonyl (C=O) groups excluding carboxylic acids is 1. The van der Waals surface area contributed by atoms with Gasteiger partial charge in [0.15, 0.2) is 0 Å². The highest BCUT2D eigenvalue weighted by Gasteiger charge is 2.33. The molecule has 0 aromatic heterocycles. The number of nitrogens with one attached hydrogen (secondary N) is 1. The summed E-state index contributed by atoms with van der Waals surface area (Å²) in [5.41, 5.74) is 0. The minimum absolute atomic E-state index is 0.0826. The number of carbonyl (C=O) groups is 1. The van der Waals surface area contributed by atoms with Crippen LogP contribution in [0.15, 0.2) is 0 Å². The summed E-state index contributed by atoms with van der Waals surface area (Å²) in [6, 6.07) is 0.0826. The van der Waals surface area contributed by atoms with Crippen LogP contribution in [-0.4, -0.2) is 61.0 Å². The fourth-order valence-electron chi connectivity index (χ4n) is 4.34. The molecule has 3 heterocycles. The Bertz CT molecular complexity index is 338. The van der Waals surface area contributed by atoms with Crippen LogP contribution in [0.25, 0.3) is 0 Å². The van der Waals surface area contributed by atoms with E-state index in [1.165, 1.54) is 38.5 Å². The molecule has 0 bridgehead atoms. The second-order valence-electron chi connectivity index (χ2n) is 7.21. The van der Waals surface area contributed by atoms with Gasteiger partial charge in [0, 0.05) is 13.1 Å². The molecule has 0 saturated carbocycles. The Labute approximate surface area is 129 Å². The smallest absolute Gasteiger partial charge is 0.239 e. The molecule has 0 radical (unpaired) electrons. The van der Waals surface area contributed by atoms with E-state index in [-0.39, 0.29) is 6.04 Å². The van der Waals surface area contributed by atoms with Crippen molar-refractivity contribution in [3.63, 3.8) is 0 Å². The van der Waals surface area contributed by atoms with Crippen LogP contribution in [-0.2, 0) is 4.79 Å². The van der Waals surface area contributed by atoms with E-state index in [1.54, 1.807) is 0 Å². The van der Waals surface area contributed by atoms with Crippen LogP contribution < -0.4 is 5.32 Å². The third-order valence-electron chi connectivity index (χ3n) is 5.88. The summed E-state index contributed by atoms with van der Waals surface area (Å²) in [6.45, 7) is 8.61. The van der Waals surface area contributed by atoms with Gasteiger partial charge >= 0.3 is 0 Å². The molecule has 0 aromatic carbocycles. The Morgan fingerprint density at radius 1 is 0.952 bits per heavy atom. The molecule has 3 aliphatic heterocycles. The Morgan fingerprint density at radius 2 is 1.52 bits per heavy atom. The predicted molar refractivity (Wildman–Crippen MR) is 85.2 cm³/mol. The zero-order valence-electron chi connectivity index (χ0n) is 13.5. The van der Waals surface area contributed by atoms with Gasteiger partial charge in [-0.2, -0.15) is 0 Å². The first kappa shape index (κ1) is 15.3. The minimum Gasteiger partial charge on any atom is -0.341 e. The van der Waals surface area contributed by atoms with Crippen molar-refractivity contribution in [2.75, 3.05) is 39.3 Å². The molecule has 3 rings (SSSR count). The first-order valence-electron chi connectivity index (χ1n) is 8.99. The molecule has 0 spiro atoms. The van der Waals surface area contributed by atoms with Gasteiger partial charge in [-0.05, 0) is 70.6 Å². The van der Waals surface area contributed by atoms with Crippen molar-refractivity contribution in [1.29, 1.82) is 0 Å². The molecule has 3 atom stereocenters. The van der Waals surface area contributed by atoms with E-state index >= 15 is 0 Å². The summed E-state index contributed by atoms with van der Waals surface area (Å²) in [7, 11) is 0. The van der Waals surface area contributed by atoms with Crippen LogP contribution in [0.4, 0.5) is 0 Å². The molecule has 0 aliphatic carbocycles. The molecular formula is C17H31N3O. The molecule has 1 amide bonds. The zero-order chi connectivity index (χ0) is 14.7. The lowest BCUT2D eigenvalue weighted by atomic mass is 9.92. The standard InChI is InChI=1S/C17H31N3O/c1-14(19-8-4-2-3-5-9-19)17(21)20-10-6-15-12-18-13-16(15)7-11-20/h14-16,18H,2-13H2,1H3/t14?,15-,16+. The number of amides is 1. The van der Waals surface area contributed by atoms with Crippen molar-refractivity contribution in [2.45, 2.75) is 51.5 Å². The Hall–Kier alpha value is -0.610. The van der Waals surface area contributed by atoms with Gasteiger partial charge in [-0.3, -0.25) is 9.69 Å². The van der Waals surface area contributed by atoms with Gasteiger partial charge in [-0.25, -0.2) is 0 Å². The topological polar surface area (TPSA) is 35.6 Å². The van der Waals surface area contributed by atoms with Gasteiger partial charge < -0.3 is 10.2 Å². The molecule has 3 fully saturated rings. The summed E-state index contributed by atoms with van der Waals surface area (Å²) in [4.78, 5) is 17.4. The van der Waals surface area contributed by atoms with Gasteiger partial charge in [0.1, 0.15) is 0 Å². The lowest BCUT2D eigenvalue weighted by Gasteiger charge is -2.31. The second kappa shape index (κ2) is 7.10. The Morgan fingerprint density at radius 3 is 2.10 bits per heavy atom. The van der Waals surface area contributed by atoms with Crippen LogP contribution in [0, 0.1) is 11.8 Å². The molecule has 3 aliphatic rings. The van der Waals surface area contributed by atoms with E-state index < -0.39 is 0 Å². The van der Waals surface area contributed by atoms with E-state index in [4.69, 9.17) is 0 Å². The maximum Gasteiger partial charge on any atom is 0.239 e. The molecule has 0 aromatic rings. The highest BCUT2D eigenvalue weighted by Crippen LogP contribution is 2.27. The van der Waals surface area contributed by atoms with Crippen LogP contribution in [0.3, 0.4) is 0 Å². The van der Waals surface area contributed by atoms with Crippen LogP contribution in [0.5, 0.6) is 0 Å². The molecule has 1 unspecified atom stereocenters. The molecule has 4 nitrogen and oxygen atoms in total. The second-order valence-corrected chi connectivity index (χ2v) is 7.21. The summed E-state index contributed by atoms with van der Waals surface area (Å²) in [5, 5.41) is 3.51. The normalized spacial score (nSPS) is 33.1. The first-order valence-corrected chi connectivity index (χ1v) is 8.99. The summed E-state index contributed by atoms with van der Waals surface area (Å²) < 4.78 is 0. The van der Waals surface area contributed by atoms with Crippen LogP contribution in [0.1, 0.15) is 45.4 Å². The number of fused-ring (bicyclic) bond motifs is 1. The minimum atomic E-state index is 0.0826. The van der Waals surface area contributed by atoms with Crippen molar-refractivity contribution in [2.24, 2.45) is 11.8 Å². The van der Waals surface area contributed by atoms with E-state index in [9.17, 15) is 4.79 Å². The van der Waals surface area contributed by atoms with Crippen molar-refractivity contribution >= 4 is 5.91 Å². The van der Waals surface area contributed by atoms with Crippen molar-refractivity contribution in [3.05, 3.63) is 0 Å². The Kier molecular flexibility index (Phi) is 5.17. The number of nitrogens with zero attached hydrogens (tertiary/aromatic N) is 2. The quantitative estimate of drug-likeness (QED) is 0.842. The van der Waals surface area contributed by atoms with Crippen molar-refractivity contribution in [1.82, 2.24) is 15.1 Å². The summed E-state index contributed by atoms with van der Waals surface area (Å²) in [6.07, 6.45) is 7.56. The van der Waals surface area contributed by atoms with Crippen LogP contribution >= 0.6 is 0 Å². The monoisotopic (exact) mass is 293 g/mol.